The third kappa shape index (κ3) is 2.11. The molecule has 1 amide bonds. The minimum absolute atomic E-state index is 0.155. The van der Waals surface area contributed by atoms with Crippen LogP contribution in [0.1, 0.15) is 12.8 Å². The van der Waals surface area contributed by atoms with Gasteiger partial charge in [-0.3, -0.25) is 4.57 Å². The molecule has 5 heteroatoms. The van der Waals surface area contributed by atoms with E-state index >= 15 is 0 Å². The molecule has 1 aliphatic rings. The van der Waals surface area contributed by atoms with Gasteiger partial charge in [-0.25, -0.2) is 9.78 Å². The van der Waals surface area contributed by atoms with Crippen LogP contribution in [0, 0.1) is 0 Å². The Kier molecular flexibility index (Phi) is 2.78. The zero-order valence-corrected chi connectivity index (χ0v) is 7.85. The summed E-state index contributed by atoms with van der Waals surface area (Å²) in [6.45, 7) is 1.39. The Labute approximate surface area is 82.1 Å². The summed E-state index contributed by atoms with van der Waals surface area (Å²) in [6, 6.07) is -0.155. The smallest absolute Gasteiger partial charge is 0.326 e. The third-order valence-corrected chi connectivity index (χ3v) is 2.24. The fourth-order valence-electron chi connectivity index (χ4n) is 1.48. The number of nitrogens with zero attached hydrogens (tertiary/aromatic N) is 2. The Morgan fingerprint density at radius 1 is 1.71 bits per heavy atom. The van der Waals surface area contributed by atoms with Crippen LogP contribution in [0.25, 0.3) is 0 Å². The predicted octanol–water partition coefficient (Wildman–Crippen LogP) is 0.620. The molecule has 2 heterocycles. The Hall–Kier alpha value is -1.36. The van der Waals surface area contributed by atoms with Gasteiger partial charge >= 0.3 is 6.03 Å². The molecule has 5 nitrogen and oxygen atoms in total. The average Bonchev–Trinajstić information content (AvgIpc) is 2.87. The maximum atomic E-state index is 11.4. The molecule has 1 aliphatic heterocycles. The van der Waals surface area contributed by atoms with E-state index in [1.807, 2.05) is 0 Å². The lowest BCUT2D eigenvalue weighted by Crippen LogP contribution is -2.34. The van der Waals surface area contributed by atoms with E-state index in [0.717, 1.165) is 19.4 Å². The van der Waals surface area contributed by atoms with Crippen molar-refractivity contribution in [2.24, 2.45) is 0 Å². The second kappa shape index (κ2) is 4.23. The quantitative estimate of drug-likeness (QED) is 0.752. The Balaban J connectivity index is 1.78. The first kappa shape index (κ1) is 9.21. The lowest BCUT2D eigenvalue weighted by Gasteiger charge is -2.10. The van der Waals surface area contributed by atoms with Crippen molar-refractivity contribution in [3.8, 4) is 0 Å². The Morgan fingerprint density at radius 3 is 3.29 bits per heavy atom. The van der Waals surface area contributed by atoms with Crippen molar-refractivity contribution in [3.05, 3.63) is 18.7 Å². The fourth-order valence-corrected chi connectivity index (χ4v) is 1.48. The van der Waals surface area contributed by atoms with Gasteiger partial charge in [0.15, 0.2) is 0 Å². The molecular formula is C9H13N3O2. The molecule has 1 saturated heterocycles. The number of rotatable bonds is 2. The van der Waals surface area contributed by atoms with Gasteiger partial charge in [0.2, 0.25) is 0 Å². The van der Waals surface area contributed by atoms with Gasteiger partial charge in [0.1, 0.15) is 6.33 Å². The van der Waals surface area contributed by atoms with Crippen molar-refractivity contribution in [2.75, 3.05) is 13.2 Å². The van der Waals surface area contributed by atoms with Crippen molar-refractivity contribution in [1.82, 2.24) is 14.9 Å². The molecule has 0 bridgehead atoms. The van der Waals surface area contributed by atoms with Crippen LogP contribution in [0.15, 0.2) is 18.7 Å². The number of amides is 1. The van der Waals surface area contributed by atoms with E-state index in [0.29, 0.717) is 6.54 Å². The van der Waals surface area contributed by atoms with Gasteiger partial charge in [0.25, 0.3) is 0 Å². The summed E-state index contributed by atoms with van der Waals surface area (Å²) < 4.78 is 6.79. The van der Waals surface area contributed by atoms with Crippen molar-refractivity contribution in [1.29, 1.82) is 0 Å². The second-order valence-electron chi connectivity index (χ2n) is 3.29. The highest BCUT2D eigenvalue weighted by atomic mass is 16.5. The van der Waals surface area contributed by atoms with Gasteiger partial charge in [0.05, 0.1) is 6.10 Å². The fraction of sp³-hybridized carbons (Fsp3) is 0.556. The van der Waals surface area contributed by atoms with Gasteiger partial charge in [-0.05, 0) is 12.8 Å². The van der Waals surface area contributed by atoms with Crippen molar-refractivity contribution in [3.63, 3.8) is 0 Å². The number of hydrogen-bond donors (Lipinski definition) is 1. The number of imidazole rings is 1. The minimum Gasteiger partial charge on any atom is -0.376 e. The summed E-state index contributed by atoms with van der Waals surface area (Å²) in [5.74, 6) is 0. The molecular weight excluding hydrogens is 182 g/mol. The summed E-state index contributed by atoms with van der Waals surface area (Å²) in [6.07, 6.45) is 6.97. The molecule has 0 aliphatic carbocycles. The minimum atomic E-state index is -0.155. The standard InChI is InChI=1S/C9H13N3O2/c13-9(12-4-3-10-7-12)11-6-8-2-1-5-14-8/h3-4,7-8H,1-2,5-6H2,(H,11,13)/t8-/m0/s1. The number of carbonyl (C=O) groups is 1. The van der Waals surface area contributed by atoms with Gasteiger partial charge in [0, 0.05) is 25.5 Å². The first-order valence-corrected chi connectivity index (χ1v) is 4.74. The lowest BCUT2D eigenvalue weighted by atomic mass is 10.2. The maximum Gasteiger partial charge on any atom is 0.326 e. The molecule has 0 radical (unpaired) electrons. The molecule has 0 spiro atoms. The van der Waals surface area contributed by atoms with Crippen LogP contribution in [0.5, 0.6) is 0 Å². The van der Waals surface area contributed by atoms with E-state index in [1.54, 1.807) is 12.4 Å². The van der Waals surface area contributed by atoms with Crippen LogP contribution in [-0.2, 0) is 4.74 Å². The van der Waals surface area contributed by atoms with Crippen molar-refractivity contribution >= 4 is 6.03 Å². The van der Waals surface area contributed by atoms with E-state index in [1.165, 1.54) is 10.9 Å². The largest absolute Gasteiger partial charge is 0.376 e. The summed E-state index contributed by atoms with van der Waals surface area (Å²) in [7, 11) is 0. The molecule has 14 heavy (non-hydrogen) atoms. The molecule has 0 aromatic carbocycles. The first-order valence-electron chi connectivity index (χ1n) is 4.74. The van der Waals surface area contributed by atoms with E-state index < -0.39 is 0 Å². The van der Waals surface area contributed by atoms with Crippen LogP contribution in [0.4, 0.5) is 4.79 Å². The predicted molar refractivity (Wildman–Crippen MR) is 50.0 cm³/mol. The van der Waals surface area contributed by atoms with E-state index in [2.05, 4.69) is 10.3 Å². The summed E-state index contributed by atoms with van der Waals surface area (Å²) >= 11 is 0. The number of ether oxygens (including phenoxy) is 1. The maximum absolute atomic E-state index is 11.4. The Morgan fingerprint density at radius 2 is 2.64 bits per heavy atom. The molecule has 2 rings (SSSR count). The van der Waals surface area contributed by atoms with Gasteiger partial charge in [-0.1, -0.05) is 0 Å². The zero-order chi connectivity index (χ0) is 9.80. The summed E-state index contributed by atoms with van der Waals surface area (Å²) in [5, 5.41) is 2.79. The van der Waals surface area contributed by atoms with Crippen molar-refractivity contribution in [2.45, 2.75) is 18.9 Å². The van der Waals surface area contributed by atoms with Crippen LogP contribution in [0.3, 0.4) is 0 Å². The normalized spacial score (nSPS) is 21.0. The summed E-state index contributed by atoms with van der Waals surface area (Å²) in [4.78, 5) is 15.2. The number of nitrogens with one attached hydrogen (secondary N) is 1. The molecule has 1 atom stereocenters. The number of hydrogen-bond acceptors (Lipinski definition) is 3. The van der Waals surface area contributed by atoms with Crippen LogP contribution in [-0.4, -0.2) is 34.8 Å². The molecule has 1 aromatic rings. The first-order chi connectivity index (χ1) is 6.86. The van der Waals surface area contributed by atoms with E-state index in [-0.39, 0.29) is 12.1 Å². The highest BCUT2D eigenvalue weighted by molar-refractivity contribution is 5.76. The second-order valence-corrected chi connectivity index (χ2v) is 3.29. The summed E-state index contributed by atoms with van der Waals surface area (Å²) in [5.41, 5.74) is 0. The SMILES string of the molecule is O=C(NC[C@@H]1CCCO1)n1ccnc1. The molecule has 1 fully saturated rings. The topological polar surface area (TPSA) is 56.1 Å². The molecule has 0 saturated carbocycles. The zero-order valence-electron chi connectivity index (χ0n) is 7.85. The van der Waals surface area contributed by atoms with E-state index in [9.17, 15) is 4.79 Å². The monoisotopic (exact) mass is 195 g/mol. The number of carbonyl (C=O) groups excluding carboxylic acids is 1. The molecule has 1 N–H and O–H groups in total. The van der Waals surface area contributed by atoms with Crippen LogP contribution in [0.2, 0.25) is 0 Å². The third-order valence-electron chi connectivity index (χ3n) is 2.24. The highest BCUT2D eigenvalue weighted by Crippen LogP contribution is 2.10. The lowest BCUT2D eigenvalue weighted by molar-refractivity contribution is 0.111. The van der Waals surface area contributed by atoms with Crippen LogP contribution >= 0.6 is 0 Å². The Bertz CT molecular complexity index is 291. The average molecular weight is 195 g/mol. The van der Waals surface area contributed by atoms with Crippen LogP contribution < -0.4 is 5.32 Å². The molecule has 0 unspecified atom stereocenters. The highest BCUT2D eigenvalue weighted by Gasteiger charge is 2.16. The van der Waals surface area contributed by atoms with E-state index in [4.69, 9.17) is 4.74 Å². The molecule has 1 aromatic heterocycles. The van der Waals surface area contributed by atoms with Crippen molar-refractivity contribution < 1.29 is 9.53 Å². The van der Waals surface area contributed by atoms with Gasteiger partial charge in [-0.2, -0.15) is 0 Å². The number of aromatic nitrogens is 2. The molecule has 76 valence electrons. The van der Waals surface area contributed by atoms with Gasteiger partial charge < -0.3 is 10.1 Å². The van der Waals surface area contributed by atoms with Gasteiger partial charge in [-0.15, -0.1) is 0 Å².